The van der Waals surface area contributed by atoms with Gasteiger partial charge in [-0.3, -0.25) is 0 Å². The highest BCUT2D eigenvalue weighted by Gasteiger charge is 2.02. The van der Waals surface area contributed by atoms with Gasteiger partial charge in [0, 0.05) is 0 Å². The number of halogens is 2. The molecule has 47 valence electrons. The molecule has 0 aromatic heterocycles. The van der Waals surface area contributed by atoms with Crippen molar-refractivity contribution in [1.82, 2.24) is 0 Å². The largest absolute Gasteiger partial charge is 0.249 e. The molecular weight excluding hydrogens is 260 g/mol. The summed E-state index contributed by atoms with van der Waals surface area (Å²) < 4.78 is 0. The van der Waals surface area contributed by atoms with E-state index in [1.807, 2.05) is 18.2 Å². The molecule has 1 aromatic rings. The maximum absolute atomic E-state index is 3.50. The standard InChI is InChI=1S/C6H5Br2Si/c7-9(8)6-4-2-1-3-5-6/h1-5H. The van der Waals surface area contributed by atoms with Crippen LogP contribution in [0, 0.1) is 0 Å². The molecule has 1 radical (unpaired) electrons. The van der Waals surface area contributed by atoms with Crippen LogP contribution in [0.1, 0.15) is 0 Å². The van der Waals surface area contributed by atoms with Crippen LogP contribution in [0.25, 0.3) is 0 Å². The molecule has 0 fully saturated rings. The fourth-order valence-corrected chi connectivity index (χ4v) is 2.59. The molecule has 0 heterocycles. The zero-order chi connectivity index (χ0) is 6.69. The zero-order valence-corrected chi connectivity index (χ0v) is 8.81. The van der Waals surface area contributed by atoms with E-state index in [-0.39, 0.29) is 0 Å². The lowest BCUT2D eigenvalue weighted by atomic mass is 10.4. The number of hydrogen-bond donors (Lipinski definition) is 0. The maximum Gasteiger partial charge on any atom is 0.249 e. The summed E-state index contributed by atoms with van der Waals surface area (Å²) in [4.78, 5) is 0. The fraction of sp³-hybridized carbons (Fsp3) is 0. The third-order valence-electron chi connectivity index (χ3n) is 0.992. The van der Waals surface area contributed by atoms with Crippen molar-refractivity contribution in [3.63, 3.8) is 0 Å². The summed E-state index contributed by atoms with van der Waals surface area (Å²) >= 11 is 7.00. The van der Waals surface area contributed by atoms with Gasteiger partial charge in [-0.15, -0.1) is 30.6 Å². The molecule has 0 aliphatic carbocycles. The van der Waals surface area contributed by atoms with Crippen LogP contribution in [0.15, 0.2) is 30.3 Å². The van der Waals surface area contributed by atoms with Crippen molar-refractivity contribution < 1.29 is 0 Å². The van der Waals surface area contributed by atoms with Gasteiger partial charge < -0.3 is 0 Å². The summed E-state index contributed by atoms with van der Waals surface area (Å²) in [6.45, 7) is 0. The van der Waals surface area contributed by atoms with Crippen molar-refractivity contribution in [3.8, 4) is 0 Å². The Bertz CT molecular complexity index is 174. The van der Waals surface area contributed by atoms with E-state index in [0.717, 1.165) is 0 Å². The second-order valence-electron chi connectivity index (χ2n) is 1.63. The van der Waals surface area contributed by atoms with Gasteiger partial charge in [0.25, 0.3) is 0 Å². The maximum atomic E-state index is 3.50. The van der Waals surface area contributed by atoms with Gasteiger partial charge in [-0.2, -0.15) is 0 Å². The number of hydrogen-bond acceptors (Lipinski definition) is 0. The summed E-state index contributed by atoms with van der Waals surface area (Å²) in [6.07, 6.45) is 0. The van der Waals surface area contributed by atoms with Crippen molar-refractivity contribution in [2.45, 2.75) is 0 Å². The predicted molar refractivity (Wildman–Crippen MR) is 49.7 cm³/mol. The smallest absolute Gasteiger partial charge is 0.106 e. The average Bonchev–Trinajstić information content (AvgIpc) is 1.90. The predicted octanol–water partition coefficient (Wildman–Crippen LogP) is 2.17. The van der Waals surface area contributed by atoms with E-state index in [9.17, 15) is 0 Å². The highest BCUT2D eigenvalue weighted by molar-refractivity contribution is 9.49. The number of benzene rings is 1. The van der Waals surface area contributed by atoms with Gasteiger partial charge in [0.05, 0.1) is 0 Å². The Hall–Kier alpha value is 0.397. The summed E-state index contributed by atoms with van der Waals surface area (Å²) in [5, 5.41) is 1.35. The molecule has 0 aliphatic rings. The molecule has 3 heteroatoms. The molecule has 0 amide bonds. The van der Waals surface area contributed by atoms with E-state index in [4.69, 9.17) is 0 Å². The van der Waals surface area contributed by atoms with Gasteiger partial charge >= 0.3 is 0 Å². The van der Waals surface area contributed by atoms with Gasteiger partial charge in [-0.25, -0.2) is 0 Å². The van der Waals surface area contributed by atoms with E-state index in [0.29, 0.717) is 0 Å². The van der Waals surface area contributed by atoms with E-state index in [1.54, 1.807) is 0 Å². The van der Waals surface area contributed by atoms with Crippen LogP contribution in [-0.2, 0) is 0 Å². The SMILES string of the molecule is Br[Si](Br)c1ccccc1. The number of rotatable bonds is 1. The lowest BCUT2D eigenvalue weighted by Crippen LogP contribution is -2.15. The Morgan fingerprint density at radius 2 is 1.56 bits per heavy atom. The Kier molecular flexibility index (Phi) is 2.95. The minimum Gasteiger partial charge on any atom is -0.106 e. The molecule has 0 atom stereocenters. The van der Waals surface area contributed by atoms with E-state index < -0.39 is 6.04 Å². The molecule has 0 nitrogen and oxygen atoms in total. The third-order valence-corrected chi connectivity index (χ3v) is 4.51. The zero-order valence-electron chi connectivity index (χ0n) is 4.64. The van der Waals surface area contributed by atoms with Crippen molar-refractivity contribution in [2.75, 3.05) is 0 Å². The molecule has 0 saturated heterocycles. The second kappa shape index (κ2) is 3.54. The van der Waals surface area contributed by atoms with Crippen LogP contribution < -0.4 is 5.19 Å². The Labute approximate surface area is 72.0 Å². The van der Waals surface area contributed by atoms with Crippen LogP contribution in [0.2, 0.25) is 0 Å². The highest BCUT2D eigenvalue weighted by Crippen LogP contribution is 2.01. The first-order valence-corrected chi connectivity index (χ1v) is 8.55. The van der Waals surface area contributed by atoms with E-state index in [1.165, 1.54) is 5.19 Å². The monoisotopic (exact) mass is 263 g/mol. The van der Waals surface area contributed by atoms with Crippen molar-refractivity contribution >= 4 is 41.8 Å². The second-order valence-corrected chi connectivity index (χ2v) is 10.7. The minimum atomic E-state index is -0.587. The topological polar surface area (TPSA) is 0 Å². The van der Waals surface area contributed by atoms with Crippen molar-refractivity contribution in [2.24, 2.45) is 0 Å². The molecule has 1 aromatic carbocycles. The molecule has 9 heavy (non-hydrogen) atoms. The first-order chi connectivity index (χ1) is 4.30. The molecule has 0 spiro atoms. The molecule has 0 unspecified atom stereocenters. The first-order valence-electron chi connectivity index (χ1n) is 2.54. The normalized spacial score (nSPS) is 10.1. The van der Waals surface area contributed by atoms with Crippen LogP contribution in [0.5, 0.6) is 0 Å². The molecule has 0 aliphatic heterocycles. The minimum absolute atomic E-state index is 0.587. The Morgan fingerprint density at radius 3 is 1.89 bits per heavy atom. The lowest BCUT2D eigenvalue weighted by molar-refractivity contribution is 1.77. The average molecular weight is 265 g/mol. The van der Waals surface area contributed by atoms with Gasteiger partial charge in [0.1, 0.15) is 0 Å². The lowest BCUT2D eigenvalue weighted by Gasteiger charge is -1.95. The van der Waals surface area contributed by atoms with Crippen molar-refractivity contribution in [1.29, 1.82) is 0 Å². The van der Waals surface area contributed by atoms with Gasteiger partial charge in [0.2, 0.25) is 6.04 Å². The Morgan fingerprint density at radius 1 is 1.00 bits per heavy atom. The van der Waals surface area contributed by atoms with Gasteiger partial charge in [0.15, 0.2) is 0 Å². The molecule has 0 bridgehead atoms. The first kappa shape index (κ1) is 7.50. The van der Waals surface area contributed by atoms with Gasteiger partial charge in [-0.1, -0.05) is 30.3 Å². The third kappa shape index (κ3) is 2.24. The summed E-state index contributed by atoms with van der Waals surface area (Å²) in [6, 6.07) is 9.74. The van der Waals surface area contributed by atoms with E-state index in [2.05, 4.69) is 42.7 Å². The molecule has 1 rings (SSSR count). The molecule has 0 N–H and O–H groups in total. The van der Waals surface area contributed by atoms with Gasteiger partial charge in [-0.05, 0) is 5.19 Å². The highest BCUT2D eigenvalue weighted by atomic mass is 79.9. The Balaban J connectivity index is 2.85. The summed E-state index contributed by atoms with van der Waals surface area (Å²) in [5.74, 6) is 0. The van der Waals surface area contributed by atoms with Crippen LogP contribution in [0.3, 0.4) is 0 Å². The summed E-state index contributed by atoms with van der Waals surface area (Å²) in [5.41, 5.74) is 0. The molecule has 0 saturated carbocycles. The van der Waals surface area contributed by atoms with E-state index >= 15 is 0 Å². The van der Waals surface area contributed by atoms with Crippen LogP contribution in [-0.4, -0.2) is 6.04 Å². The van der Waals surface area contributed by atoms with Crippen LogP contribution in [0.4, 0.5) is 0 Å². The summed E-state index contributed by atoms with van der Waals surface area (Å²) in [7, 11) is 0. The van der Waals surface area contributed by atoms with Crippen LogP contribution >= 0.6 is 30.6 Å². The quantitative estimate of drug-likeness (QED) is 0.539. The van der Waals surface area contributed by atoms with Crippen molar-refractivity contribution in [3.05, 3.63) is 30.3 Å². The molecular formula is C6H5Br2Si. The fourth-order valence-electron chi connectivity index (χ4n) is 0.564.